The highest BCUT2D eigenvalue weighted by atomic mass is 16.4. The first-order chi connectivity index (χ1) is 21.7. The van der Waals surface area contributed by atoms with Crippen LogP contribution in [0.4, 0.5) is 17.1 Å². The molecule has 0 radical (unpaired) electrons. The molecule has 1 aliphatic rings. The smallest absolute Gasteiger partial charge is 0.248 e. The molecule has 0 fully saturated rings. The van der Waals surface area contributed by atoms with Crippen molar-refractivity contribution in [2.45, 2.75) is 19.8 Å². The minimum Gasteiger partial charge on any atom is -0.416 e. The van der Waals surface area contributed by atoms with Gasteiger partial charge in [0, 0.05) is 44.7 Å². The molecular weight excluding hydrogens is 540 g/mol. The highest BCUT2D eigenvalue weighted by Crippen LogP contribution is 2.38. The van der Waals surface area contributed by atoms with E-state index in [2.05, 4.69) is 154 Å². The summed E-state index contributed by atoms with van der Waals surface area (Å²) in [5.41, 5.74) is 9.83. The third-order valence-electron chi connectivity index (χ3n) is 8.28. The molecular formula is C39H30N4O. The van der Waals surface area contributed by atoms with E-state index >= 15 is 0 Å². The number of benzene rings is 5. The van der Waals surface area contributed by atoms with E-state index in [0.717, 1.165) is 46.7 Å². The quantitative estimate of drug-likeness (QED) is 0.200. The number of hydrogen-bond donors (Lipinski definition) is 0. The molecule has 0 saturated heterocycles. The summed E-state index contributed by atoms with van der Waals surface area (Å²) in [6.07, 6.45) is 8.38. The van der Waals surface area contributed by atoms with Gasteiger partial charge in [0.15, 0.2) is 0 Å². The van der Waals surface area contributed by atoms with Crippen LogP contribution in [0.3, 0.4) is 0 Å². The van der Waals surface area contributed by atoms with E-state index in [0.29, 0.717) is 11.8 Å². The van der Waals surface area contributed by atoms with Gasteiger partial charge in [-0.25, -0.2) is 0 Å². The molecule has 0 saturated carbocycles. The number of rotatable bonds is 6. The third-order valence-corrected chi connectivity index (χ3v) is 8.28. The van der Waals surface area contributed by atoms with Crippen LogP contribution >= 0.6 is 0 Å². The molecule has 0 aliphatic heterocycles. The van der Waals surface area contributed by atoms with Gasteiger partial charge in [-0.2, -0.15) is 0 Å². The molecule has 0 spiro atoms. The van der Waals surface area contributed by atoms with Crippen LogP contribution < -0.4 is 4.90 Å². The van der Waals surface area contributed by atoms with E-state index in [1.54, 1.807) is 0 Å². The zero-order chi connectivity index (χ0) is 29.5. The first-order valence-corrected chi connectivity index (χ1v) is 15.0. The largest absolute Gasteiger partial charge is 0.416 e. The molecule has 212 valence electrons. The van der Waals surface area contributed by atoms with Gasteiger partial charge in [0.1, 0.15) is 0 Å². The lowest BCUT2D eigenvalue weighted by Crippen LogP contribution is -2.10. The predicted molar refractivity (Wildman–Crippen MR) is 180 cm³/mol. The summed E-state index contributed by atoms with van der Waals surface area (Å²) in [7, 11) is 0. The molecule has 7 aromatic rings. The van der Waals surface area contributed by atoms with E-state index in [9.17, 15) is 0 Å². The maximum absolute atomic E-state index is 6.04. The summed E-state index contributed by atoms with van der Waals surface area (Å²) in [6.45, 7) is 2.11. The second-order valence-electron chi connectivity index (χ2n) is 11.2. The molecule has 0 N–H and O–H groups in total. The lowest BCUT2D eigenvalue weighted by molar-refractivity contribution is 0.554. The maximum Gasteiger partial charge on any atom is 0.248 e. The van der Waals surface area contributed by atoms with Crippen molar-refractivity contribution in [2.75, 3.05) is 4.90 Å². The Morgan fingerprint density at radius 2 is 1.18 bits per heavy atom. The van der Waals surface area contributed by atoms with Gasteiger partial charge < -0.3 is 13.9 Å². The summed E-state index contributed by atoms with van der Waals surface area (Å²) >= 11 is 0. The van der Waals surface area contributed by atoms with Crippen LogP contribution in [0.2, 0.25) is 0 Å². The van der Waals surface area contributed by atoms with E-state index in [-0.39, 0.29) is 0 Å². The van der Waals surface area contributed by atoms with Crippen molar-refractivity contribution in [3.63, 3.8) is 0 Å². The number of allylic oxidation sites excluding steroid dienone is 4. The standard InChI is InChI=1S/C39H30N4O/c1-27-15-19-30(20-16-27)42(31-21-17-29(18-22-31)39-41-40-38(44-39)28-9-3-2-4-10-28)32-23-25-33(26-24-32)43-36-13-7-5-11-34(36)35-12-6-8-14-37(35)43/h3,5-26H,2,4H2,1H3. The van der Waals surface area contributed by atoms with Gasteiger partial charge in [0.25, 0.3) is 0 Å². The van der Waals surface area contributed by atoms with E-state index in [1.807, 2.05) is 12.1 Å². The Labute approximate surface area is 256 Å². The first-order valence-electron chi connectivity index (χ1n) is 15.0. The summed E-state index contributed by atoms with van der Waals surface area (Å²) < 4.78 is 8.39. The molecule has 2 heterocycles. The third kappa shape index (κ3) is 4.59. The van der Waals surface area contributed by atoms with E-state index < -0.39 is 0 Å². The molecule has 2 aromatic heterocycles. The number of aryl methyl sites for hydroxylation is 1. The Balaban J connectivity index is 1.16. The van der Waals surface area contributed by atoms with Crippen LogP contribution in [0, 0.1) is 6.92 Å². The van der Waals surface area contributed by atoms with Crippen molar-refractivity contribution in [1.82, 2.24) is 14.8 Å². The number of para-hydroxylation sites is 2. The molecule has 5 heteroatoms. The number of anilines is 3. The van der Waals surface area contributed by atoms with Crippen LogP contribution in [0.15, 0.2) is 144 Å². The fourth-order valence-electron chi connectivity index (χ4n) is 6.07. The van der Waals surface area contributed by atoms with Crippen LogP contribution in [-0.4, -0.2) is 14.8 Å². The second kappa shape index (κ2) is 10.9. The topological polar surface area (TPSA) is 47.1 Å². The van der Waals surface area contributed by atoms with Crippen LogP contribution in [0.25, 0.3) is 44.5 Å². The van der Waals surface area contributed by atoms with Gasteiger partial charge in [0.05, 0.1) is 11.0 Å². The van der Waals surface area contributed by atoms with Crippen LogP contribution in [-0.2, 0) is 0 Å². The Morgan fingerprint density at radius 1 is 0.614 bits per heavy atom. The van der Waals surface area contributed by atoms with Gasteiger partial charge in [-0.15, -0.1) is 10.2 Å². The zero-order valence-electron chi connectivity index (χ0n) is 24.4. The van der Waals surface area contributed by atoms with Crippen molar-refractivity contribution >= 4 is 44.4 Å². The van der Waals surface area contributed by atoms with E-state index in [1.165, 1.54) is 27.4 Å². The first kappa shape index (κ1) is 26.0. The molecule has 0 unspecified atom stereocenters. The van der Waals surface area contributed by atoms with Crippen molar-refractivity contribution < 1.29 is 4.42 Å². The molecule has 44 heavy (non-hydrogen) atoms. The minimum absolute atomic E-state index is 0.517. The average Bonchev–Trinajstić information content (AvgIpc) is 3.71. The SMILES string of the molecule is Cc1ccc(N(c2ccc(-c3nnc(C4=CCCC=C4)o3)cc2)c2ccc(-n3c4ccccc4c4ccccc43)cc2)cc1. The number of hydrogen-bond acceptors (Lipinski definition) is 4. The lowest BCUT2D eigenvalue weighted by Gasteiger charge is -2.26. The average molecular weight is 571 g/mol. The molecule has 0 atom stereocenters. The van der Waals surface area contributed by atoms with Gasteiger partial charge in [0.2, 0.25) is 11.8 Å². The number of aromatic nitrogens is 3. The Morgan fingerprint density at radius 3 is 1.80 bits per heavy atom. The summed E-state index contributed by atoms with van der Waals surface area (Å²) in [6, 6.07) is 43.0. The van der Waals surface area contributed by atoms with Crippen LogP contribution in [0.5, 0.6) is 0 Å². The molecule has 5 nitrogen and oxygen atoms in total. The van der Waals surface area contributed by atoms with Gasteiger partial charge in [-0.1, -0.05) is 72.3 Å². The molecule has 5 aromatic carbocycles. The fraction of sp³-hybridized carbons (Fsp3) is 0.0769. The van der Waals surface area contributed by atoms with Crippen molar-refractivity contribution in [3.8, 4) is 17.1 Å². The highest BCUT2D eigenvalue weighted by molar-refractivity contribution is 6.09. The molecule has 8 rings (SSSR count). The Hall–Kier alpha value is -5.68. The van der Waals surface area contributed by atoms with Crippen molar-refractivity contribution in [1.29, 1.82) is 0 Å². The second-order valence-corrected chi connectivity index (χ2v) is 11.2. The van der Waals surface area contributed by atoms with Gasteiger partial charge >= 0.3 is 0 Å². The zero-order valence-corrected chi connectivity index (χ0v) is 24.4. The normalized spacial score (nSPS) is 13.0. The Bertz CT molecular complexity index is 2110. The monoisotopic (exact) mass is 570 g/mol. The molecule has 1 aliphatic carbocycles. The summed E-state index contributed by atoms with van der Waals surface area (Å²) in [5, 5.41) is 11.1. The number of fused-ring (bicyclic) bond motifs is 3. The predicted octanol–water partition coefficient (Wildman–Crippen LogP) is 10.3. The number of nitrogens with zero attached hydrogens (tertiary/aromatic N) is 4. The lowest BCUT2D eigenvalue weighted by atomic mass is 10.1. The molecule has 0 bridgehead atoms. The van der Waals surface area contributed by atoms with E-state index in [4.69, 9.17) is 4.42 Å². The minimum atomic E-state index is 0.517. The summed E-state index contributed by atoms with van der Waals surface area (Å²) in [5.74, 6) is 1.08. The summed E-state index contributed by atoms with van der Waals surface area (Å²) in [4.78, 5) is 2.27. The molecule has 0 amide bonds. The fourth-order valence-corrected chi connectivity index (χ4v) is 6.07. The van der Waals surface area contributed by atoms with Gasteiger partial charge in [-0.05, 0) is 92.6 Å². The Kier molecular flexibility index (Phi) is 6.42. The van der Waals surface area contributed by atoms with Crippen LogP contribution in [0.1, 0.15) is 24.3 Å². The van der Waals surface area contributed by atoms with Gasteiger partial charge in [-0.3, -0.25) is 0 Å². The highest BCUT2D eigenvalue weighted by Gasteiger charge is 2.17. The maximum atomic E-state index is 6.04. The van der Waals surface area contributed by atoms with Crippen molar-refractivity contribution in [2.24, 2.45) is 0 Å². The van der Waals surface area contributed by atoms with Crippen molar-refractivity contribution in [3.05, 3.63) is 151 Å².